The maximum atomic E-state index is 11.9. The maximum Gasteiger partial charge on any atom is 0.255 e. The van der Waals surface area contributed by atoms with Crippen molar-refractivity contribution in [2.75, 3.05) is 13.2 Å². The van der Waals surface area contributed by atoms with E-state index in [9.17, 15) is 4.79 Å². The van der Waals surface area contributed by atoms with Gasteiger partial charge in [-0.1, -0.05) is 12.8 Å². The summed E-state index contributed by atoms with van der Waals surface area (Å²) in [6, 6.07) is 0.00897. The van der Waals surface area contributed by atoms with Gasteiger partial charge in [-0.3, -0.25) is 4.79 Å². The second-order valence-corrected chi connectivity index (χ2v) is 4.96. The van der Waals surface area contributed by atoms with E-state index in [-0.39, 0.29) is 18.2 Å². The van der Waals surface area contributed by atoms with Gasteiger partial charge in [-0.2, -0.15) is 0 Å². The van der Waals surface area contributed by atoms with Crippen molar-refractivity contribution in [3.05, 3.63) is 27.4 Å². The summed E-state index contributed by atoms with van der Waals surface area (Å²) in [6.45, 7) is 6.80. The van der Waals surface area contributed by atoms with Gasteiger partial charge in [0, 0.05) is 18.3 Å². The van der Waals surface area contributed by atoms with Crippen LogP contribution in [0.15, 0.2) is 4.79 Å². The topological polar surface area (TPSA) is 78.0 Å². The first-order valence-corrected chi connectivity index (χ1v) is 6.98. The Balaban J connectivity index is 2.46. The Kier molecular flexibility index (Phi) is 6.73. The third-order valence-electron chi connectivity index (χ3n) is 3.23. The number of hydrogen-bond donors (Lipinski definition) is 3. The third-order valence-corrected chi connectivity index (χ3v) is 3.23. The number of aromatic amines is 1. The number of hydrogen-bond acceptors (Lipinski definition) is 4. The van der Waals surface area contributed by atoms with E-state index < -0.39 is 0 Å². The molecule has 0 aliphatic rings. The Bertz CT molecular complexity index is 443. The van der Waals surface area contributed by atoms with Crippen LogP contribution < -0.4 is 10.9 Å². The Labute approximate surface area is 114 Å². The van der Waals surface area contributed by atoms with E-state index in [1.54, 1.807) is 6.92 Å². The molecule has 5 nitrogen and oxygen atoms in total. The second-order valence-electron chi connectivity index (χ2n) is 4.96. The second kappa shape index (κ2) is 8.07. The molecule has 0 spiro atoms. The minimum absolute atomic E-state index is 0.00897. The van der Waals surface area contributed by atoms with E-state index in [4.69, 9.17) is 5.11 Å². The lowest BCUT2D eigenvalue weighted by Crippen LogP contribution is -2.28. The molecule has 1 unspecified atom stereocenters. The van der Waals surface area contributed by atoms with E-state index in [0.717, 1.165) is 43.5 Å². The van der Waals surface area contributed by atoms with Crippen LogP contribution in [-0.2, 0) is 0 Å². The predicted octanol–water partition coefficient (Wildman–Crippen LogP) is 1.59. The Hall–Kier alpha value is -1.20. The molecule has 1 heterocycles. The average molecular weight is 267 g/mol. The molecule has 0 aliphatic carbocycles. The van der Waals surface area contributed by atoms with Gasteiger partial charge >= 0.3 is 0 Å². The predicted molar refractivity (Wildman–Crippen MR) is 76.3 cm³/mol. The fourth-order valence-electron chi connectivity index (χ4n) is 2.26. The molecule has 1 aromatic heterocycles. The lowest BCUT2D eigenvalue weighted by molar-refractivity contribution is 0.282. The zero-order valence-corrected chi connectivity index (χ0v) is 12.1. The molecule has 0 bridgehead atoms. The summed E-state index contributed by atoms with van der Waals surface area (Å²) in [7, 11) is 0. The monoisotopic (exact) mass is 267 g/mol. The third kappa shape index (κ3) is 5.12. The van der Waals surface area contributed by atoms with Crippen molar-refractivity contribution in [2.24, 2.45) is 0 Å². The Morgan fingerprint density at radius 3 is 2.58 bits per heavy atom. The largest absolute Gasteiger partial charge is 0.396 e. The first-order valence-electron chi connectivity index (χ1n) is 6.98. The molecule has 0 aliphatic heterocycles. The van der Waals surface area contributed by atoms with Crippen LogP contribution in [0.5, 0.6) is 0 Å². The molecule has 3 N–H and O–H groups in total. The zero-order valence-electron chi connectivity index (χ0n) is 12.1. The minimum Gasteiger partial charge on any atom is -0.396 e. The number of aryl methyl sites for hydroxylation is 2. The number of aliphatic hydroxyl groups excluding tert-OH is 1. The number of aromatic nitrogens is 2. The highest BCUT2D eigenvalue weighted by atomic mass is 16.2. The van der Waals surface area contributed by atoms with Gasteiger partial charge in [0.15, 0.2) is 0 Å². The summed E-state index contributed by atoms with van der Waals surface area (Å²) >= 11 is 0. The molecular formula is C14H25N3O2. The van der Waals surface area contributed by atoms with Crippen LogP contribution in [0, 0.1) is 13.8 Å². The van der Waals surface area contributed by atoms with Crippen molar-refractivity contribution in [1.82, 2.24) is 15.3 Å². The number of nitrogens with zero attached hydrogens (tertiary/aromatic N) is 1. The number of rotatable bonds is 8. The number of nitrogens with one attached hydrogen (secondary N) is 2. The van der Waals surface area contributed by atoms with Crippen LogP contribution in [0.3, 0.4) is 0 Å². The van der Waals surface area contributed by atoms with E-state index in [0.29, 0.717) is 5.82 Å². The minimum atomic E-state index is -0.0507. The quantitative estimate of drug-likeness (QED) is 0.625. The molecule has 5 heteroatoms. The fraction of sp³-hybridized carbons (Fsp3) is 0.714. The fourth-order valence-corrected chi connectivity index (χ4v) is 2.26. The number of H-pyrrole nitrogens is 1. The van der Waals surface area contributed by atoms with Gasteiger partial charge in [-0.05, 0) is 40.2 Å². The molecule has 0 radical (unpaired) electrons. The van der Waals surface area contributed by atoms with Gasteiger partial charge in [0.25, 0.3) is 5.56 Å². The first-order chi connectivity index (χ1) is 9.06. The molecule has 108 valence electrons. The number of unbranched alkanes of at least 4 members (excludes halogenated alkanes) is 3. The summed E-state index contributed by atoms with van der Waals surface area (Å²) in [5.41, 5.74) is 1.47. The standard InChI is InChI=1S/C14H25N3O2/c1-10(15-8-6-4-5-7-9-18)13-11(2)16-12(3)17-14(13)19/h10,15,18H,4-9H2,1-3H3,(H,16,17,19). The highest BCUT2D eigenvalue weighted by Crippen LogP contribution is 2.11. The van der Waals surface area contributed by atoms with E-state index in [1.165, 1.54) is 0 Å². The smallest absolute Gasteiger partial charge is 0.255 e. The first kappa shape index (κ1) is 15.9. The molecule has 1 aromatic rings. The van der Waals surface area contributed by atoms with Gasteiger partial charge in [-0.15, -0.1) is 0 Å². The Morgan fingerprint density at radius 2 is 1.95 bits per heavy atom. The van der Waals surface area contributed by atoms with Crippen molar-refractivity contribution in [3.63, 3.8) is 0 Å². The van der Waals surface area contributed by atoms with Crippen molar-refractivity contribution in [3.8, 4) is 0 Å². The SMILES string of the molecule is Cc1nc(C)c(C(C)NCCCCCCO)c(=O)[nH]1. The molecule has 19 heavy (non-hydrogen) atoms. The molecule has 0 saturated carbocycles. The molecule has 0 amide bonds. The number of aliphatic hydroxyl groups is 1. The van der Waals surface area contributed by atoms with Crippen molar-refractivity contribution < 1.29 is 5.11 Å². The van der Waals surface area contributed by atoms with E-state index >= 15 is 0 Å². The molecular weight excluding hydrogens is 242 g/mol. The zero-order chi connectivity index (χ0) is 14.3. The van der Waals surface area contributed by atoms with Gasteiger partial charge < -0.3 is 15.4 Å². The van der Waals surface area contributed by atoms with Gasteiger partial charge in [0.1, 0.15) is 5.82 Å². The van der Waals surface area contributed by atoms with E-state index in [1.807, 2.05) is 13.8 Å². The molecule has 1 rings (SSSR count). The average Bonchev–Trinajstić information content (AvgIpc) is 2.32. The highest BCUT2D eigenvalue weighted by Gasteiger charge is 2.13. The lowest BCUT2D eigenvalue weighted by Gasteiger charge is -2.15. The summed E-state index contributed by atoms with van der Waals surface area (Å²) in [6.07, 6.45) is 4.08. The van der Waals surface area contributed by atoms with Gasteiger partial charge in [0.2, 0.25) is 0 Å². The normalized spacial score (nSPS) is 12.6. The maximum absolute atomic E-state index is 11.9. The van der Waals surface area contributed by atoms with Crippen LogP contribution in [-0.4, -0.2) is 28.2 Å². The molecule has 1 atom stereocenters. The molecule has 0 saturated heterocycles. The van der Waals surface area contributed by atoms with Crippen molar-refractivity contribution in [2.45, 2.75) is 52.5 Å². The molecule has 0 fully saturated rings. The molecule has 0 aromatic carbocycles. The van der Waals surface area contributed by atoms with Crippen molar-refractivity contribution in [1.29, 1.82) is 0 Å². The highest BCUT2D eigenvalue weighted by molar-refractivity contribution is 5.19. The van der Waals surface area contributed by atoms with Crippen LogP contribution >= 0.6 is 0 Å². The van der Waals surface area contributed by atoms with E-state index in [2.05, 4.69) is 15.3 Å². The van der Waals surface area contributed by atoms with Crippen molar-refractivity contribution >= 4 is 0 Å². The summed E-state index contributed by atoms with van der Waals surface area (Å²) in [5, 5.41) is 12.0. The van der Waals surface area contributed by atoms with Crippen LogP contribution in [0.25, 0.3) is 0 Å². The summed E-state index contributed by atoms with van der Waals surface area (Å²) in [4.78, 5) is 19.0. The Morgan fingerprint density at radius 1 is 1.26 bits per heavy atom. The van der Waals surface area contributed by atoms with Gasteiger partial charge in [0.05, 0.1) is 5.56 Å². The van der Waals surface area contributed by atoms with Crippen LogP contribution in [0.2, 0.25) is 0 Å². The summed E-state index contributed by atoms with van der Waals surface area (Å²) < 4.78 is 0. The van der Waals surface area contributed by atoms with Crippen LogP contribution in [0.4, 0.5) is 0 Å². The lowest BCUT2D eigenvalue weighted by atomic mass is 10.1. The summed E-state index contributed by atoms with van der Waals surface area (Å²) in [5.74, 6) is 0.655. The van der Waals surface area contributed by atoms with Crippen LogP contribution in [0.1, 0.15) is 55.7 Å². The van der Waals surface area contributed by atoms with Gasteiger partial charge in [-0.25, -0.2) is 4.98 Å².